The summed E-state index contributed by atoms with van der Waals surface area (Å²) in [7, 11) is 0. The molecule has 14 nitrogen and oxygen atoms in total. The molecular weight excluding hydrogens is 563 g/mol. The van der Waals surface area contributed by atoms with Crippen molar-refractivity contribution in [2.24, 2.45) is 0 Å². The minimum atomic E-state index is -1.26. The van der Waals surface area contributed by atoms with Crippen LogP contribution in [-0.2, 0) is 19.2 Å². The summed E-state index contributed by atoms with van der Waals surface area (Å²) in [6, 6.07) is 6.53. The predicted octanol–water partition coefficient (Wildman–Crippen LogP) is 1.88. The van der Waals surface area contributed by atoms with Gasteiger partial charge in [0.05, 0.1) is 10.2 Å². The van der Waals surface area contributed by atoms with Gasteiger partial charge in [-0.2, -0.15) is 0 Å². The molecular formula is C25H27FN6O8S. The largest absolute Gasteiger partial charge is 0.478 e. The minimum Gasteiger partial charge on any atom is -0.478 e. The van der Waals surface area contributed by atoms with Crippen LogP contribution < -0.4 is 10.2 Å². The molecule has 3 heterocycles. The molecule has 1 aromatic carbocycles. The molecule has 4 rings (SSSR count). The molecule has 1 aliphatic heterocycles. The SMILES string of the molecule is Fc1ccc2nc(NCCN3CCN(c4ncccn4)CC3)sc2c1.O=C(O)/C=C/C(=O)O.O=C(O)/C=C/C(=O)O. The number of piperazine rings is 1. The van der Waals surface area contributed by atoms with Crippen molar-refractivity contribution in [3.8, 4) is 0 Å². The average molecular weight is 591 g/mol. The Kier molecular flexibility index (Phi) is 13.3. The zero-order valence-corrected chi connectivity index (χ0v) is 22.3. The number of carbonyl (C=O) groups is 4. The van der Waals surface area contributed by atoms with Crippen molar-refractivity contribution in [1.82, 2.24) is 19.9 Å². The molecule has 0 bridgehead atoms. The molecule has 16 heteroatoms. The lowest BCUT2D eigenvalue weighted by atomic mass is 10.3. The van der Waals surface area contributed by atoms with Crippen molar-refractivity contribution in [3.63, 3.8) is 0 Å². The van der Waals surface area contributed by atoms with Crippen LogP contribution in [0.3, 0.4) is 0 Å². The molecule has 3 aromatic rings. The van der Waals surface area contributed by atoms with Crippen molar-refractivity contribution in [2.75, 3.05) is 49.5 Å². The number of hydrogen-bond donors (Lipinski definition) is 5. The van der Waals surface area contributed by atoms with Gasteiger partial charge in [-0.25, -0.2) is 38.5 Å². The Morgan fingerprint density at radius 3 is 1.93 bits per heavy atom. The van der Waals surface area contributed by atoms with Gasteiger partial charge in [0, 0.05) is 76.0 Å². The van der Waals surface area contributed by atoms with Crippen LogP contribution in [0.1, 0.15) is 0 Å². The van der Waals surface area contributed by atoms with Crippen LogP contribution in [0.5, 0.6) is 0 Å². The van der Waals surface area contributed by atoms with E-state index in [1.807, 2.05) is 6.07 Å². The molecule has 0 unspecified atom stereocenters. The molecule has 2 aromatic heterocycles. The zero-order chi connectivity index (χ0) is 30.2. The number of rotatable bonds is 9. The molecule has 0 aliphatic carbocycles. The highest BCUT2D eigenvalue weighted by atomic mass is 32.1. The number of aliphatic carboxylic acids is 4. The van der Waals surface area contributed by atoms with Crippen LogP contribution in [0.15, 0.2) is 61.0 Å². The molecule has 0 amide bonds. The first-order chi connectivity index (χ1) is 19.5. The number of thiazole rings is 1. The Balaban J connectivity index is 0.000000304. The fraction of sp³-hybridized carbons (Fsp3) is 0.240. The lowest BCUT2D eigenvalue weighted by molar-refractivity contribution is -0.134. The van der Waals surface area contributed by atoms with Crippen molar-refractivity contribution >= 4 is 56.5 Å². The van der Waals surface area contributed by atoms with E-state index < -0.39 is 23.9 Å². The summed E-state index contributed by atoms with van der Waals surface area (Å²) in [5.41, 5.74) is 0.838. The minimum absolute atomic E-state index is 0.219. The van der Waals surface area contributed by atoms with E-state index in [0.717, 1.165) is 60.6 Å². The highest BCUT2D eigenvalue weighted by Gasteiger charge is 2.18. The van der Waals surface area contributed by atoms with Crippen molar-refractivity contribution in [2.45, 2.75) is 0 Å². The average Bonchev–Trinajstić information content (AvgIpc) is 3.34. The predicted molar refractivity (Wildman–Crippen MR) is 148 cm³/mol. The summed E-state index contributed by atoms with van der Waals surface area (Å²) in [6.45, 7) is 5.63. The van der Waals surface area contributed by atoms with Crippen molar-refractivity contribution < 1.29 is 44.0 Å². The second kappa shape index (κ2) is 16.9. The third kappa shape index (κ3) is 13.1. The van der Waals surface area contributed by atoms with E-state index in [-0.39, 0.29) is 5.82 Å². The first-order valence-corrected chi connectivity index (χ1v) is 12.7. The molecule has 1 saturated heterocycles. The molecule has 1 fully saturated rings. The summed E-state index contributed by atoms with van der Waals surface area (Å²) in [4.78, 5) is 55.9. The molecule has 0 spiro atoms. The second-order valence-corrected chi connectivity index (χ2v) is 8.99. The van der Waals surface area contributed by atoms with E-state index in [4.69, 9.17) is 20.4 Å². The first-order valence-electron chi connectivity index (χ1n) is 11.9. The van der Waals surface area contributed by atoms with Gasteiger partial charge in [0.15, 0.2) is 5.13 Å². The Hall–Kier alpha value is -4.96. The van der Waals surface area contributed by atoms with Crippen molar-refractivity contribution in [1.29, 1.82) is 0 Å². The van der Waals surface area contributed by atoms with Crippen LogP contribution in [0.2, 0.25) is 0 Å². The summed E-state index contributed by atoms with van der Waals surface area (Å²) in [6.07, 6.45) is 5.79. The first kappa shape index (κ1) is 32.3. The summed E-state index contributed by atoms with van der Waals surface area (Å²) >= 11 is 1.49. The normalized spacial score (nSPS) is 13.2. The third-order valence-corrected chi connectivity index (χ3v) is 5.97. The van der Waals surface area contributed by atoms with E-state index >= 15 is 0 Å². The number of carboxylic acid groups (broad SMARTS) is 4. The van der Waals surface area contributed by atoms with Crippen LogP contribution in [0, 0.1) is 5.82 Å². The van der Waals surface area contributed by atoms with Gasteiger partial charge < -0.3 is 30.6 Å². The van der Waals surface area contributed by atoms with Gasteiger partial charge >= 0.3 is 23.9 Å². The summed E-state index contributed by atoms with van der Waals surface area (Å²) < 4.78 is 14.1. The Morgan fingerprint density at radius 2 is 1.41 bits per heavy atom. The number of aromatic nitrogens is 3. The van der Waals surface area contributed by atoms with Gasteiger partial charge in [0.2, 0.25) is 5.95 Å². The molecule has 1 aliphatic rings. The number of nitrogens with one attached hydrogen (secondary N) is 1. The number of hydrogen-bond acceptors (Lipinski definition) is 11. The van der Waals surface area contributed by atoms with E-state index in [2.05, 4.69) is 30.1 Å². The Morgan fingerprint density at radius 1 is 0.878 bits per heavy atom. The van der Waals surface area contributed by atoms with Crippen LogP contribution in [0.4, 0.5) is 15.5 Å². The van der Waals surface area contributed by atoms with Crippen LogP contribution in [0.25, 0.3) is 10.2 Å². The number of anilines is 2. The van der Waals surface area contributed by atoms with Gasteiger partial charge in [-0.3, -0.25) is 4.90 Å². The topological polar surface area (TPSA) is 206 Å². The number of benzene rings is 1. The van der Waals surface area contributed by atoms with Crippen LogP contribution >= 0.6 is 11.3 Å². The van der Waals surface area contributed by atoms with Crippen molar-refractivity contribution in [3.05, 3.63) is 66.8 Å². The number of halogens is 1. The molecule has 0 radical (unpaired) electrons. The van der Waals surface area contributed by atoms with E-state index in [9.17, 15) is 23.6 Å². The monoisotopic (exact) mass is 590 g/mol. The third-order valence-electron chi connectivity index (χ3n) is 5.00. The van der Waals surface area contributed by atoms with Gasteiger partial charge in [-0.15, -0.1) is 0 Å². The van der Waals surface area contributed by atoms with E-state index in [1.54, 1.807) is 18.5 Å². The standard InChI is InChI=1S/C17H19FN6S.2C4H4O4/c18-13-2-3-14-15(12-13)25-17(22-14)21-6-7-23-8-10-24(11-9-23)16-19-4-1-5-20-16;2*5-3(6)1-2-4(7)8/h1-5,12H,6-11H2,(H,21,22);2*1-2H,(H,5,6)(H,7,8)/b;2*2-1+. The zero-order valence-electron chi connectivity index (χ0n) is 21.5. The lowest BCUT2D eigenvalue weighted by Crippen LogP contribution is -2.48. The maximum atomic E-state index is 13.2. The highest BCUT2D eigenvalue weighted by molar-refractivity contribution is 7.22. The van der Waals surface area contributed by atoms with Gasteiger partial charge in [-0.1, -0.05) is 11.3 Å². The number of fused-ring (bicyclic) bond motifs is 1. The van der Waals surface area contributed by atoms with E-state index in [0.29, 0.717) is 24.3 Å². The fourth-order valence-electron chi connectivity index (χ4n) is 3.21. The maximum absolute atomic E-state index is 13.2. The number of nitrogens with zero attached hydrogens (tertiary/aromatic N) is 5. The smallest absolute Gasteiger partial charge is 0.328 e. The highest BCUT2D eigenvalue weighted by Crippen LogP contribution is 2.26. The Labute approximate surface area is 236 Å². The van der Waals surface area contributed by atoms with Gasteiger partial charge in [0.1, 0.15) is 5.82 Å². The fourth-order valence-corrected chi connectivity index (χ4v) is 4.12. The van der Waals surface area contributed by atoms with E-state index in [1.165, 1.54) is 23.5 Å². The quantitative estimate of drug-likeness (QED) is 0.226. The summed E-state index contributed by atoms with van der Waals surface area (Å²) in [5, 5.41) is 35.4. The second-order valence-electron chi connectivity index (χ2n) is 7.95. The number of carboxylic acids is 4. The van der Waals surface area contributed by atoms with Gasteiger partial charge in [-0.05, 0) is 24.3 Å². The maximum Gasteiger partial charge on any atom is 0.328 e. The van der Waals surface area contributed by atoms with Gasteiger partial charge in [0.25, 0.3) is 0 Å². The lowest BCUT2D eigenvalue weighted by Gasteiger charge is -2.34. The molecule has 41 heavy (non-hydrogen) atoms. The molecule has 5 N–H and O–H groups in total. The molecule has 0 saturated carbocycles. The molecule has 0 atom stereocenters. The molecule has 218 valence electrons. The van der Waals surface area contributed by atoms with Crippen LogP contribution in [-0.4, -0.2) is 103 Å². The summed E-state index contributed by atoms with van der Waals surface area (Å²) in [5.74, 6) is -4.44. The Bertz CT molecular complexity index is 1310.